The molecule has 56 heavy (non-hydrogen) atoms. The van der Waals surface area contributed by atoms with Gasteiger partial charge < -0.3 is 19.9 Å². The van der Waals surface area contributed by atoms with Crippen molar-refractivity contribution < 1.29 is 4.74 Å². The van der Waals surface area contributed by atoms with Crippen LogP contribution in [-0.4, -0.2) is 5.71 Å². The number of allylic oxidation sites excluding steroid dienone is 4. The van der Waals surface area contributed by atoms with E-state index >= 15 is 0 Å². The predicted octanol–water partition coefficient (Wildman–Crippen LogP) is 13.1. The number of para-hydroxylation sites is 5. The molecule has 0 fully saturated rings. The second-order valence-electron chi connectivity index (χ2n) is 13.9. The molecule has 1 heterocycles. The lowest BCUT2D eigenvalue weighted by Gasteiger charge is -2.29. The van der Waals surface area contributed by atoms with E-state index in [1.165, 1.54) is 5.70 Å². The third-order valence-electron chi connectivity index (χ3n) is 10.2. The Bertz CT molecular complexity index is 2410. The smallest absolute Gasteiger partial charge is 0.196 e. The Morgan fingerprint density at radius 2 is 1.07 bits per heavy atom. The van der Waals surface area contributed by atoms with Crippen LogP contribution < -0.4 is 19.9 Å². The Balaban J connectivity index is 1.03. The van der Waals surface area contributed by atoms with Gasteiger partial charge in [-0.3, -0.25) is 4.99 Å². The second kappa shape index (κ2) is 16.1. The molecule has 7 aromatic rings. The minimum atomic E-state index is -0.238. The summed E-state index contributed by atoms with van der Waals surface area (Å²) in [5.41, 5.74) is 13.1. The fraction of sp³-hybridized carbons (Fsp3) is 0.0784. The molecule has 0 radical (unpaired) electrons. The van der Waals surface area contributed by atoms with Crippen LogP contribution in [0.3, 0.4) is 0 Å². The van der Waals surface area contributed by atoms with Crippen LogP contribution in [0.15, 0.2) is 217 Å². The fourth-order valence-electron chi connectivity index (χ4n) is 7.43. The third-order valence-corrected chi connectivity index (χ3v) is 10.2. The van der Waals surface area contributed by atoms with Gasteiger partial charge in [-0.1, -0.05) is 127 Å². The van der Waals surface area contributed by atoms with Gasteiger partial charge in [-0.25, -0.2) is 0 Å². The van der Waals surface area contributed by atoms with E-state index in [9.17, 15) is 0 Å². The zero-order valence-electron chi connectivity index (χ0n) is 31.1. The maximum absolute atomic E-state index is 6.23. The average Bonchev–Trinajstić information content (AvgIpc) is 3.72. The van der Waals surface area contributed by atoms with Gasteiger partial charge >= 0.3 is 0 Å². The van der Waals surface area contributed by atoms with Crippen LogP contribution in [0.1, 0.15) is 41.3 Å². The van der Waals surface area contributed by atoms with Gasteiger partial charge in [-0.05, 0) is 97.3 Å². The average molecular weight is 727 g/mol. The van der Waals surface area contributed by atoms with Gasteiger partial charge in [0.05, 0.1) is 17.9 Å². The van der Waals surface area contributed by atoms with Gasteiger partial charge in [-0.15, -0.1) is 0 Å². The van der Waals surface area contributed by atoms with Crippen molar-refractivity contribution in [2.24, 2.45) is 4.99 Å². The first kappa shape index (κ1) is 34.6. The summed E-state index contributed by atoms with van der Waals surface area (Å²) < 4.78 is 6.23. The first-order valence-electron chi connectivity index (χ1n) is 19.2. The lowest BCUT2D eigenvalue weighted by atomic mass is 9.99. The molecule has 0 saturated carbocycles. The van der Waals surface area contributed by atoms with Gasteiger partial charge in [0, 0.05) is 50.8 Å². The Morgan fingerprint density at radius 3 is 1.66 bits per heavy atom. The molecule has 0 amide bonds. The summed E-state index contributed by atoms with van der Waals surface area (Å²) in [6.07, 6.45) is 8.43. The standard InChI is InChI=1S/C51H42N4O/c1-5-15-42(16-6-1)54(43-17-7-2-8-18-43)46-33-25-38(26-34-46)37-52-50(39-27-29-41(30-28-39)51-53-48-23-13-14-24-49(48)56-51)40-31-35-47(36-32-40)55(44-19-9-3-10-20-44)45-21-11-4-12-22-45/h1-7,9-17,19-36,51,53H,8,18,37H2. The molecule has 1 unspecified atom stereocenters. The van der Waals surface area contributed by atoms with Crippen molar-refractivity contribution in [3.63, 3.8) is 0 Å². The van der Waals surface area contributed by atoms with Crippen LogP contribution in [-0.2, 0) is 6.54 Å². The molecule has 1 N–H and O–H groups in total. The molecule has 5 nitrogen and oxygen atoms in total. The number of ether oxygens (including phenoxy) is 1. The minimum Gasteiger partial charge on any atom is -0.464 e. The first-order valence-corrected chi connectivity index (χ1v) is 19.2. The van der Waals surface area contributed by atoms with Gasteiger partial charge in [0.2, 0.25) is 0 Å². The molecular formula is C51H42N4O. The van der Waals surface area contributed by atoms with Gasteiger partial charge in [0.1, 0.15) is 5.75 Å². The molecule has 0 bridgehead atoms. The highest BCUT2D eigenvalue weighted by Crippen LogP contribution is 2.38. The first-order chi connectivity index (χ1) is 27.8. The Morgan fingerprint density at radius 1 is 0.554 bits per heavy atom. The van der Waals surface area contributed by atoms with E-state index in [0.29, 0.717) is 6.54 Å². The van der Waals surface area contributed by atoms with E-state index in [-0.39, 0.29) is 6.23 Å². The normalized spacial score (nSPS) is 14.6. The molecule has 1 aliphatic heterocycles. The number of nitrogens with zero attached hydrogens (tertiary/aromatic N) is 3. The number of nitrogens with one attached hydrogen (secondary N) is 1. The van der Waals surface area contributed by atoms with Gasteiger partial charge in [0.15, 0.2) is 6.23 Å². The summed E-state index contributed by atoms with van der Waals surface area (Å²) in [4.78, 5) is 9.97. The van der Waals surface area contributed by atoms with E-state index in [0.717, 1.165) is 80.7 Å². The molecule has 1 aliphatic carbocycles. The summed E-state index contributed by atoms with van der Waals surface area (Å²) >= 11 is 0. The third kappa shape index (κ3) is 7.48. The zero-order valence-corrected chi connectivity index (χ0v) is 31.1. The molecule has 272 valence electrons. The lowest BCUT2D eigenvalue weighted by molar-refractivity contribution is 0.260. The van der Waals surface area contributed by atoms with Crippen molar-refractivity contribution in [3.8, 4) is 5.75 Å². The van der Waals surface area contributed by atoms with Crippen LogP contribution in [0.25, 0.3) is 0 Å². The molecule has 0 aromatic heterocycles. The summed E-state index contributed by atoms with van der Waals surface area (Å²) in [6.45, 7) is 0.540. The van der Waals surface area contributed by atoms with Crippen molar-refractivity contribution in [2.45, 2.75) is 25.6 Å². The molecule has 5 heteroatoms. The summed E-state index contributed by atoms with van der Waals surface area (Å²) in [7, 11) is 0. The largest absolute Gasteiger partial charge is 0.464 e. The van der Waals surface area contributed by atoms with Crippen LogP contribution in [0.5, 0.6) is 5.75 Å². The topological polar surface area (TPSA) is 40.1 Å². The van der Waals surface area contributed by atoms with Crippen molar-refractivity contribution in [3.05, 3.63) is 234 Å². The number of anilines is 6. The van der Waals surface area contributed by atoms with Crippen LogP contribution >= 0.6 is 0 Å². The SMILES string of the molecule is C1=CCCC(N(c2ccccc2)c2ccc(CN=C(c3ccc(C4Nc5ccccc5O4)cc3)c3ccc(N(c4ccccc4)c4ccccc4)cc3)cc2)=C1. The fourth-order valence-corrected chi connectivity index (χ4v) is 7.43. The second-order valence-corrected chi connectivity index (χ2v) is 13.9. The Labute approximate surface area is 329 Å². The van der Waals surface area contributed by atoms with Crippen molar-refractivity contribution in [1.82, 2.24) is 0 Å². The van der Waals surface area contributed by atoms with Crippen molar-refractivity contribution >= 4 is 39.8 Å². The Kier molecular flexibility index (Phi) is 9.96. The van der Waals surface area contributed by atoms with E-state index in [2.05, 4.69) is 197 Å². The van der Waals surface area contributed by atoms with Crippen LogP contribution in [0, 0.1) is 0 Å². The molecule has 1 atom stereocenters. The zero-order chi connectivity index (χ0) is 37.5. The van der Waals surface area contributed by atoms with Crippen molar-refractivity contribution in [1.29, 1.82) is 0 Å². The molecule has 2 aliphatic rings. The van der Waals surface area contributed by atoms with E-state index in [1.54, 1.807) is 0 Å². The molecule has 0 saturated heterocycles. The lowest BCUT2D eigenvalue weighted by Crippen LogP contribution is -2.17. The number of fused-ring (bicyclic) bond motifs is 1. The summed E-state index contributed by atoms with van der Waals surface area (Å²) in [6, 6.07) is 65.8. The number of hydrogen-bond donors (Lipinski definition) is 1. The number of hydrogen-bond acceptors (Lipinski definition) is 5. The number of benzene rings is 7. The summed E-state index contributed by atoms with van der Waals surface area (Å²) in [5.74, 6) is 0.870. The monoisotopic (exact) mass is 726 g/mol. The Hall–Kier alpha value is -7.11. The van der Waals surface area contributed by atoms with Crippen molar-refractivity contribution in [2.75, 3.05) is 15.1 Å². The summed E-state index contributed by atoms with van der Waals surface area (Å²) in [5, 5.41) is 3.50. The van der Waals surface area contributed by atoms with Crippen LogP contribution in [0.4, 0.5) is 34.1 Å². The van der Waals surface area contributed by atoms with E-state index < -0.39 is 0 Å². The van der Waals surface area contributed by atoms with E-state index in [4.69, 9.17) is 9.73 Å². The maximum atomic E-state index is 6.23. The molecule has 0 spiro atoms. The van der Waals surface area contributed by atoms with Gasteiger partial charge in [-0.2, -0.15) is 0 Å². The maximum Gasteiger partial charge on any atom is 0.196 e. The number of aliphatic imine (C=N–C) groups is 1. The molecule has 9 rings (SSSR count). The predicted molar refractivity (Wildman–Crippen MR) is 232 cm³/mol. The number of rotatable bonds is 11. The van der Waals surface area contributed by atoms with Crippen LogP contribution in [0.2, 0.25) is 0 Å². The van der Waals surface area contributed by atoms with E-state index in [1.807, 2.05) is 24.3 Å². The van der Waals surface area contributed by atoms with Gasteiger partial charge in [0.25, 0.3) is 0 Å². The minimum absolute atomic E-state index is 0.238. The highest BCUT2D eigenvalue weighted by molar-refractivity contribution is 6.13. The molecule has 7 aromatic carbocycles. The highest BCUT2D eigenvalue weighted by Gasteiger charge is 2.23. The highest BCUT2D eigenvalue weighted by atomic mass is 16.5. The molecular weight excluding hydrogens is 685 g/mol. The quantitative estimate of drug-likeness (QED) is 0.135.